The van der Waals surface area contributed by atoms with E-state index in [9.17, 15) is 12.8 Å². The van der Waals surface area contributed by atoms with Crippen LogP contribution in [0.1, 0.15) is 16.8 Å². The van der Waals surface area contributed by atoms with Crippen LogP contribution in [-0.2, 0) is 23.0 Å². The number of aromatic nitrogens is 1. The van der Waals surface area contributed by atoms with Crippen molar-refractivity contribution in [3.05, 3.63) is 65.1 Å². The lowest BCUT2D eigenvalue weighted by Gasteiger charge is -2.26. The molecule has 0 unspecified atom stereocenters. The maximum absolute atomic E-state index is 13.4. The quantitative estimate of drug-likeness (QED) is 0.775. The minimum Gasteiger partial charge on any atom is -0.357 e. The van der Waals surface area contributed by atoms with E-state index in [1.165, 1.54) is 28.1 Å². The van der Waals surface area contributed by atoms with Crippen molar-refractivity contribution in [2.24, 2.45) is 0 Å². The first-order valence-corrected chi connectivity index (χ1v) is 9.25. The predicted octanol–water partition coefficient (Wildman–Crippen LogP) is 3.36. The fourth-order valence-electron chi connectivity index (χ4n) is 3.30. The van der Waals surface area contributed by atoms with Crippen LogP contribution < -0.4 is 0 Å². The van der Waals surface area contributed by atoms with Crippen molar-refractivity contribution in [1.82, 2.24) is 9.29 Å². The summed E-state index contributed by atoms with van der Waals surface area (Å²) in [6, 6.07) is 11.9. The molecule has 0 amide bonds. The molecule has 3 aromatic rings. The zero-order valence-corrected chi connectivity index (χ0v) is 14.0. The molecule has 0 bridgehead atoms. The van der Waals surface area contributed by atoms with E-state index in [4.69, 9.17) is 0 Å². The fourth-order valence-corrected chi connectivity index (χ4v) is 4.79. The third-order valence-electron chi connectivity index (χ3n) is 4.61. The van der Waals surface area contributed by atoms with Gasteiger partial charge in [0.2, 0.25) is 10.0 Å². The maximum atomic E-state index is 13.4. The summed E-state index contributed by atoms with van der Waals surface area (Å²) in [7, 11) is -3.63. The lowest BCUT2D eigenvalue weighted by molar-refractivity contribution is 0.388. The summed E-state index contributed by atoms with van der Waals surface area (Å²) < 4.78 is 40.6. The van der Waals surface area contributed by atoms with Gasteiger partial charge in [-0.2, -0.15) is 4.31 Å². The normalized spacial score (nSPS) is 15.6. The molecule has 1 aliphatic rings. The number of H-pyrrole nitrogens is 1. The molecule has 0 atom stereocenters. The van der Waals surface area contributed by atoms with Crippen LogP contribution in [0, 0.1) is 12.7 Å². The Labute approximate surface area is 140 Å². The monoisotopic (exact) mass is 344 g/mol. The first-order chi connectivity index (χ1) is 11.5. The number of aryl methyl sites for hydroxylation is 1. The maximum Gasteiger partial charge on any atom is 0.243 e. The molecule has 1 aromatic heterocycles. The molecule has 0 saturated carbocycles. The second-order valence-corrected chi connectivity index (χ2v) is 8.07. The zero-order valence-electron chi connectivity index (χ0n) is 13.2. The topological polar surface area (TPSA) is 53.2 Å². The van der Waals surface area contributed by atoms with Gasteiger partial charge in [-0.1, -0.05) is 18.2 Å². The number of rotatable bonds is 2. The van der Waals surface area contributed by atoms with Gasteiger partial charge < -0.3 is 4.98 Å². The van der Waals surface area contributed by atoms with Crippen LogP contribution in [0.2, 0.25) is 0 Å². The van der Waals surface area contributed by atoms with Gasteiger partial charge in [-0.15, -0.1) is 0 Å². The average Bonchev–Trinajstić information content (AvgIpc) is 2.95. The zero-order chi connectivity index (χ0) is 16.9. The molecule has 6 heteroatoms. The van der Waals surface area contributed by atoms with Gasteiger partial charge in [-0.05, 0) is 48.7 Å². The molecule has 24 heavy (non-hydrogen) atoms. The second-order valence-electron chi connectivity index (χ2n) is 6.13. The third kappa shape index (κ3) is 2.34. The minimum absolute atomic E-state index is 0.140. The van der Waals surface area contributed by atoms with Gasteiger partial charge in [0.25, 0.3) is 0 Å². The Kier molecular flexibility index (Phi) is 3.47. The molecule has 0 aliphatic carbocycles. The van der Waals surface area contributed by atoms with Crippen LogP contribution in [0.3, 0.4) is 0 Å². The Hall–Kier alpha value is -2.18. The smallest absolute Gasteiger partial charge is 0.243 e. The molecular weight excluding hydrogens is 327 g/mol. The van der Waals surface area contributed by atoms with Gasteiger partial charge in [0.1, 0.15) is 5.82 Å². The van der Waals surface area contributed by atoms with E-state index in [1.807, 2.05) is 18.2 Å². The average molecular weight is 344 g/mol. The molecule has 124 valence electrons. The molecule has 0 saturated heterocycles. The van der Waals surface area contributed by atoms with E-state index < -0.39 is 15.8 Å². The summed E-state index contributed by atoms with van der Waals surface area (Å²) in [5.41, 5.74) is 3.48. The Balaban J connectivity index is 1.72. The first kappa shape index (κ1) is 15.4. The summed E-state index contributed by atoms with van der Waals surface area (Å²) in [5, 5.41) is 1.15. The van der Waals surface area contributed by atoms with Gasteiger partial charge >= 0.3 is 0 Å². The summed E-state index contributed by atoms with van der Waals surface area (Å²) in [6.45, 7) is 2.30. The summed E-state index contributed by atoms with van der Waals surface area (Å²) in [5.74, 6) is -0.398. The van der Waals surface area contributed by atoms with Crippen molar-refractivity contribution in [3.8, 4) is 0 Å². The fraction of sp³-hybridized carbons (Fsp3) is 0.222. The number of aromatic amines is 1. The highest BCUT2D eigenvalue weighted by molar-refractivity contribution is 7.89. The van der Waals surface area contributed by atoms with E-state index in [1.54, 1.807) is 6.92 Å². The van der Waals surface area contributed by atoms with Crippen LogP contribution >= 0.6 is 0 Å². The molecule has 4 nitrogen and oxygen atoms in total. The lowest BCUT2D eigenvalue weighted by Crippen LogP contribution is -2.35. The number of hydrogen-bond donors (Lipinski definition) is 1. The van der Waals surface area contributed by atoms with Gasteiger partial charge in [0.15, 0.2) is 0 Å². The van der Waals surface area contributed by atoms with Gasteiger partial charge in [-0.25, -0.2) is 12.8 Å². The van der Waals surface area contributed by atoms with E-state index in [-0.39, 0.29) is 4.90 Å². The molecular formula is C18H17FN2O2S. The van der Waals surface area contributed by atoms with Crippen molar-refractivity contribution in [1.29, 1.82) is 0 Å². The molecule has 0 fully saturated rings. The predicted molar refractivity (Wildman–Crippen MR) is 90.7 cm³/mol. The SMILES string of the molecule is Cc1cc(S(=O)(=O)N2CCc3c([nH]c4ccccc34)C2)ccc1F. The summed E-state index contributed by atoms with van der Waals surface area (Å²) >= 11 is 0. The number of hydrogen-bond acceptors (Lipinski definition) is 2. The van der Waals surface area contributed by atoms with Crippen LogP contribution in [0.25, 0.3) is 10.9 Å². The molecule has 4 rings (SSSR count). The number of nitrogens with one attached hydrogen (secondary N) is 1. The molecule has 0 radical (unpaired) electrons. The van der Waals surface area contributed by atoms with Crippen molar-refractivity contribution in [2.75, 3.05) is 6.54 Å². The van der Waals surface area contributed by atoms with E-state index >= 15 is 0 Å². The second kappa shape index (κ2) is 5.43. The van der Waals surface area contributed by atoms with Gasteiger partial charge in [-0.3, -0.25) is 0 Å². The standard InChI is InChI=1S/C18H17FN2O2S/c1-12-10-13(6-7-16(12)19)24(22,23)21-9-8-15-14-4-2-3-5-17(14)20-18(15)11-21/h2-7,10,20H,8-9,11H2,1H3. The highest BCUT2D eigenvalue weighted by atomic mass is 32.2. The van der Waals surface area contributed by atoms with Crippen LogP contribution in [0.5, 0.6) is 0 Å². The van der Waals surface area contributed by atoms with E-state index in [0.29, 0.717) is 25.1 Å². The number of fused-ring (bicyclic) bond motifs is 3. The molecule has 2 aromatic carbocycles. The number of para-hydroxylation sites is 1. The van der Waals surface area contributed by atoms with Crippen molar-refractivity contribution < 1.29 is 12.8 Å². The minimum atomic E-state index is -3.63. The summed E-state index contributed by atoms with van der Waals surface area (Å²) in [4.78, 5) is 3.46. The number of benzene rings is 2. The Morgan fingerprint density at radius 3 is 2.75 bits per heavy atom. The van der Waals surface area contributed by atoms with Crippen molar-refractivity contribution in [3.63, 3.8) is 0 Å². The summed E-state index contributed by atoms with van der Waals surface area (Å²) in [6.07, 6.45) is 0.665. The highest BCUT2D eigenvalue weighted by Crippen LogP contribution is 2.30. The Bertz CT molecular complexity index is 1040. The molecule has 1 N–H and O–H groups in total. The lowest BCUT2D eigenvalue weighted by atomic mass is 10.1. The van der Waals surface area contributed by atoms with Crippen molar-refractivity contribution in [2.45, 2.75) is 24.8 Å². The van der Waals surface area contributed by atoms with Gasteiger partial charge in [0, 0.05) is 23.1 Å². The largest absolute Gasteiger partial charge is 0.357 e. The van der Waals surface area contributed by atoms with Crippen molar-refractivity contribution >= 4 is 20.9 Å². The van der Waals surface area contributed by atoms with Crippen LogP contribution in [0.4, 0.5) is 4.39 Å². The molecule has 1 aliphatic heterocycles. The van der Waals surface area contributed by atoms with Crippen LogP contribution in [0.15, 0.2) is 47.4 Å². The highest BCUT2D eigenvalue weighted by Gasteiger charge is 2.30. The number of sulfonamides is 1. The molecule has 0 spiro atoms. The molecule has 2 heterocycles. The number of halogens is 1. The Morgan fingerprint density at radius 1 is 1.17 bits per heavy atom. The van der Waals surface area contributed by atoms with E-state index in [2.05, 4.69) is 11.1 Å². The number of nitrogens with zero attached hydrogens (tertiary/aromatic N) is 1. The van der Waals surface area contributed by atoms with E-state index in [0.717, 1.165) is 16.6 Å². The van der Waals surface area contributed by atoms with Gasteiger partial charge in [0.05, 0.1) is 11.4 Å². The van der Waals surface area contributed by atoms with Crippen LogP contribution in [-0.4, -0.2) is 24.3 Å². The third-order valence-corrected chi connectivity index (χ3v) is 6.46. The first-order valence-electron chi connectivity index (χ1n) is 7.81. The Morgan fingerprint density at radius 2 is 1.96 bits per heavy atom.